The van der Waals surface area contributed by atoms with E-state index in [9.17, 15) is 9.90 Å². The molecule has 0 atom stereocenters. The fraction of sp³-hybridized carbons (Fsp3) is 0.125. The van der Waals surface area contributed by atoms with E-state index in [1.165, 1.54) is 5.56 Å². The van der Waals surface area contributed by atoms with Crippen molar-refractivity contribution in [2.45, 2.75) is 6.42 Å². The summed E-state index contributed by atoms with van der Waals surface area (Å²) in [6.45, 7) is 0.723. The Morgan fingerprint density at radius 3 is 2.90 bits per heavy atom. The number of carbonyl (C=O) groups is 1. The van der Waals surface area contributed by atoms with Gasteiger partial charge in [0.1, 0.15) is 5.82 Å². The van der Waals surface area contributed by atoms with Gasteiger partial charge in [0, 0.05) is 11.9 Å². The molecule has 2 N–H and O–H groups in total. The van der Waals surface area contributed by atoms with E-state index in [1.807, 2.05) is 23.6 Å². The van der Waals surface area contributed by atoms with Gasteiger partial charge in [-0.2, -0.15) is 11.3 Å². The molecule has 21 heavy (non-hydrogen) atoms. The Labute approximate surface area is 126 Å². The van der Waals surface area contributed by atoms with Gasteiger partial charge in [0.15, 0.2) is 0 Å². The van der Waals surface area contributed by atoms with E-state index in [0.29, 0.717) is 16.7 Å². The summed E-state index contributed by atoms with van der Waals surface area (Å²) in [5, 5.41) is 17.3. The van der Waals surface area contributed by atoms with E-state index in [2.05, 4.69) is 21.7 Å². The predicted octanol–water partition coefficient (Wildman–Crippen LogP) is 3.65. The highest BCUT2D eigenvalue weighted by Gasteiger charge is 2.11. The predicted molar refractivity (Wildman–Crippen MR) is 85.2 cm³/mol. The standard InChI is InChI=1S/C16H14N2O2S/c19-16(20)13-9-15(17-7-5-11-6-8-21-10-11)18-14-4-2-1-3-12(13)14/h1-4,6,8-10H,5,7H2,(H,17,18)(H,19,20). The van der Waals surface area contributed by atoms with Gasteiger partial charge in [-0.1, -0.05) is 18.2 Å². The Kier molecular flexibility index (Phi) is 3.83. The number of nitrogens with zero attached hydrogens (tertiary/aromatic N) is 1. The third kappa shape index (κ3) is 3.03. The van der Waals surface area contributed by atoms with Crippen molar-refractivity contribution >= 4 is 34.0 Å². The number of anilines is 1. The van der Waals surface area contributed by atoms with Gasteiger partial charge in [-0.15, -0.1) is 0 Å². The van der Waals surface area contributed by atoms with Crippen LogP contribution < -0.4 is 5.32 Å². The molecule has 5 heteroatoms. The van der Waals surface area contributed by atoms with E-state index in [4.69, 9.17) is 0 Å². The third-order valence-corrected chi connectivity index (χ3v) is 3.98. The Hall–Kier alpha value is -2.40. The van der Waals surface area contributed by atoms with Gasteiger partial charge in [0.25, 0.3) is 0 Å². The number of pyridine rings is 1. The largest absolute Gasteiger partial charge is 0.478 e. The highest BCUT2D eigenvalue weighted by molar-refractivity contribution is 7.07. The minimum atomic E-state index is -0.936. The van der Waals surface area contributed by atoms with Gasteiger partial charge in [-0.05, 0) is 40.9 Å². The van der Waals surface area contributed by atoms with Crippen molar-refractivity contribution in [3.8, 4) is 0 Å². The number of aromatic nitrogens is 1. The smallest absolute Gasteiger partial charge is 0.336 e. The summed E-state index contributed by atoms with van der Waals surface area (Å²) in [5.41, 5.74) is 2.24. The lowest BCUT2D eigenvalue weighted by molar-refractivity contribution is 0.0699. The van der Waals surface area contributed by atoms with E-state index in [-0.39, 0.29) is 5.56 Å². The van der Waals surface area contributed by atoms with Crippen LogP contribution in [-0.4, -0.2) is 22.6 Å². The molecule has 0 unspecified atom stereocenters. The molecular weight excluding hydrogens is 284 g/mol. The molecule has 3 aromatic rings. The van der Waals surface area contributed by atoms with Gasteiger partial charge in [-0.25, -0.2) is 9.78 Å². The number of aromatic carboxylic acids is 1. The van der Waals surface area contributed by atoms with E-state index in [0.717, 1.165) is 13.0 Å². The van der Waals surface area contributed by atoms with Gasteiger partial charge in [-0.3, -0.25) is 0 Å². The summed E-state index contributed by atoms with van der Waals surface area (Å²) in [4.78, 5) is 15.8. The molecule has 3 rings (SSSR count). The first-order chi connectivity index (χ1) is 10.2. The van der Waals surface area contributed by atoms with Crippen molar-refractivity contribution in [3.63, 3.8) is 0 Å². The SMILES string of the molecule is O=C(O)c1cc(NCCc2ccsc2)nc2ccccc12. The molecule has 0 saturated carbocycles. The van der Waals surface area contributed by atoms with Crippen LogP contribution in [0.3, 0.4) is 0 Å². The minimum Gasteiger partial charge on any atom is -0.478 e. The molecule has 0 radical (unpaired) electrons. The fourth-order valence-electron chi connectivity index (χ4n) is 2.21. The Morgan fingerprint density at radius 1 is 1.29 bits per heavy atom. The van der Waals surface area contributed by atoms with Crippen molar-refractivity contribution in [3.05, 3.63) is 58.3 Å². The molecule has 106 valence electrons. The number of fused-ring (bicyclic) bond motifs is 1. The number of hydrogen-bond donors (Lipinski definition) is 2. The molecule has 4 nitrogen and oxygen atoms in total. The molecule has 0 amide bonds. The number of carboxylic acid groups (broad SMARTS) is 1. The Balaban J connectivity index is 1.83. The number of rotatable bonds is 5. The molecule has 2 heterocycles. The van der Waals surface area contributed by atoms with Crippen molar-refractivity contribution in [2.24, 2.45) is 0 Å². The number of nitrogens with one attached hydrogen (secondary N) is 1. The number of carboxylic acids is 1. The molecule has 0 aliphatic heterocycles. The molecule has 0 saturated heterocycles. The van der Waals surface area contributed by atoms with Crippen LogP contribution in [0, 0.1) is 0 Å². The Morgan fingerprint density at radius 2 is 2.14 bits per heavy atom. The number of para-hydroxylation sites is 1. The van der Waals surface area contributed by atoms with Crippen LogP contribution in [0.5, 0.6) is 0 Å². The summed E-state index contributed by atoms with van der Waals surface area (Å²) in [7, 11) is 0. The van der Waals surface area contributed by atoms with Crippen molar-refractivity contribution < 1.29 is 9.90 Å². The summed E-state index contributed by atoms with van der Waals surface area (Å²) in [6, 6.07) is 11.0. The van der Waals surface area contributed by atoms with Crippen molar-refractivity contribution in [2.75, 3.05) is 11.9 Å². The highest BCUT2D eigenvalue weighted by atomic mass is 32.1. The zero-order valence-electron chi connectivity index (χ0n) is 11.2. The molecule has 0 aliphatic carbocycles. The second-order valence-electron chi connectivity index (χ2n) is 4.69. The average Bonchev–Trinajstić information content (AvgIpc) is 2.99. The maximum absolute atomic E-state index is 11.4. The van der Waals surface area contributed by atoms with Crippen molar-refractivity contribution in [1.29, 1.82) is 0 Å². The van der Waals surface area contributed by atoms with Crippen LogP contribution in [0.1, 0.15) is 15.9 Å². The van der Waals surface area contributed by atoms with Crippen molar-refractivity contribution in [1.82, 2.24) is 4.98 Å². The maximum Gasteiger partial charge on any atom is 0.336 e. The van der Waals surface area contributed by atoms with Crippen LogP contribution in [-0.2, 0) is 6.42 Å². The van der Waals surface area contributed by atoms with E-state index >= 15 is 0 Å². The monoisotopic (exact) mass is 298 g/mol. The summed E-state index contributed by atoms with van der Waals surface area (Å²) >= 11 is 1.67. The molecule has 0 spiro atoms. The maximum atomic E-state index is 11.4. The second-order valence-corrected chi connectivity index (χ2v) is 5.47. The van der Waals surface area contributed by atoms with Crippen LogP contribution in [0.4, 0.5) is 5.82 Å². The zero-order valence-corrected chi connectivity index (χ0v) is 12.1. The molecule has 0 aliphatic rings. The van der Waals surface area contributed by atoms with Gasteiger partial charge >= 0.3 is 5.97 Å². The lowest BCUT2D eigenvalue weighted by Gasteiger charge is -2.08. The second kappa shape index (κ2) is 5.93. The number of benzene rings is 1. The summed E-state index contributed by atoms with van der Waals surface area (Å²) < 4.78 is 0. The van der Waals surface area contributed by atoms with E-state index in [1.54, 1.807) is 23.5 Å². The average molecular weight is 298 g/mol. The minimum absolute atomic E-state index is 0.277. The first-order valence-electron chi connectivity index (χ1n) is 6.62. The zero-order chi connectivity index (χ0) is 14.7. The van der Waals surface area contributed by atoms with Gasteiger partial charge < -0.3 is 10.4 Å². The molecule has 0 fully saturated rings. The first-order valence-corrected chi connectivity index (χ1v) is 7.56. The molecule has 2 aromatic heterocycles. The Bertz CT molecular complexity index is 769. The third-order valence-electron chi connectivity index (χ3n) is 3.25. The summed E-state index contributed by atoms with van der Waals surface area (Å²) in [6.07, 6.45) is 0.889. The summed E-state index contributed by atoms with van der Waals surface area (Å²) in [5.74, 6) is -0.337. The number of hydrogen-bond acceptors (Lipinski definition) is 4. The van der Waals surface area contributed by atoms with Crippen LogP contribution in [0.2, 0.25) is 0 Å². The normalized spacial score (nSPS) is 10.7. The topological polar surface area (TPSA) is 62.2 Å². The van der Waals surface area contributed by atoms with Gasteiger partial charge in [0.05, 0.1) is 11.1 Å². The molecule has 0 bridgehead atoms. The quantitative estimate of drug-likeness (QED) is 0.754. The highest BCUT2D eigenvalue weighted by Crippen LogP contribution is 2.20. The van der Waals surface area contributed by atoms with Crippen LogP contribution >= 0.6 is 11.3 Å². The van der Waals surface area contributed by atoms with Gasteiger partial charge in [0.2, 0.25) is 0 Å². The lowest BCUT2D eigenvalue weighted by Crippen LogP contribution is -2.08. The van der Waals surface area contributed by atoms with E-state index < -0.39 is 5.97 Å². The fourth-order valence-corrected chi connectivity index (χ4v) is 2.92. The lowest BCUT2D eigenvalue weighted by atomic mass is 10.1. The van der Waals surface area contributed by atoms with Crippen LogP contribution in [0.15, 0.2) is 47.2 Å². The molecular formula is C16H14N2O2S. The first kappa shape index (κ1) is 13.6. The van der Waals surface area contributed by atoms with Crippen LogP contribution in [0.25, 0.3) is 10.9 Å². The molecule has 1 aromatic carbocycles. The number of thiophene rings is 1.